The molecule has 4 rings (SSSR count). The van der Waals surface area contributed by atoms with Crippen molar-refractivity contribution in [2.45, 2.75) is 32.9 Å². The number of thiazole rings is 1. The summed E-state index contributed by atoms with van der Waals surface area (Å²) >= 11 is 1.58. The van der Waals surface area contributed by atoms with E-state index in [-0.39, 0.29) is 12.2 Å². The molecule has 1 aliphatic rings. The van der Waals surface area contributed by atoms with Crippen LogP contribution in [-0.2, 0) is 19.6 Å². The normalized spacial score (nSPS) is 13.1. The Labute approximate surface area is 178 Å². The van der Waals surface area contributed by atoms with Crippen molar-refractivity contribution in [3.8, 4) is 5.75 Å². The molecule has 0 unspecified atom stereocenters. The molecule has 2 heterocycles. The standard InChI is InChI=1S/C23H24FN3O2S/c1-16-26-20(15-30-16)14-29-22-6-9-27(23(28)12-22)21-5-4-18-10-17(13-25-8-7-24)2-3-19(18)11-21/h2-3,6,9-12,15,25H,4-5,7-8,13-14H2,1H3. The third-order valence-electron chi connectivity index (χ3n) is 5.03. The molecular weight excluding hydrogens is 401 g/mol. The summed E-state index contributed by atoms with van der Waals surface area (Å²) in [6, 6.07) is 9.61. The molecule has 5 nitrogen and oxygen atoms in total. The number of pyridine rings is 1. The second-order valence-corrected chi connectivity index (χ2v) is 8.31. The van der Waals surface area contributed by atoms with E-state index in [0.29, 0.717) is 25.4 Å². The number of allylic oxidation sites excluding steroid dienone is 1. The summed E-state index contributed by atoms with van der Waals surface area (Å²) in [7, 11) is 0. The first kappa shape index (κ1) is 20.5. The van der Waals surface area contributed by atoms with Gasteiger partial charge in [0, 0.05) is 36.4 Å². The summed E-state index contributed by atoms with van der Waals surface area (Å²) < 4.78 is 19.6. The van der Waals surface area contributed by atoms with E-state index >= 15 is 0 Å². The maximum absolute atomic E-state index is 12.7. The number of halogens is 1. The van der Waals surface area contributed by atoms with E-state index in [1.54, 1.807) is 22.1 Å². The average Bonchev–Trinajstić information content (AvgIpc) is 3.17. The van der Waals surface area contributed by atoms with E-state index in [0.717, 1.165) is 40.4 Å². The van der Waals surface area contributed by atoms with Crippen molar-refractivity contribution in [3.05, 3.63) is 79.7 Å². The van der Waals surface area contributed by atoms with Gasteiger partial charge in [0.15, 0.2) is 0 Å². The average molecular weight is 426 g/mol. The quantitative estimate of drug-likeness (QED) is 0.550. The first-order valence-electron chi connectivity index (χ1n) is 9.98. The number of rotatable bonds is 8. The second-order valence-electron chi connectivity index (χ2n) is 7.25. The number of alkyl halides is 1. The van der Waals surface area contributed by atoms with Gasteiger partial charge in [-0.25, -0.2) is 9.37 Å². The number of nitrogens with zero attached hydrogens (tertiary/aromatic N) is 2. The Morgan fingerprint density at radius 2 is 2.17 bits per heavy atom. The summed E-state index contributed by atoms with van der Waals surface area (Å²) in [6.45, 7) is 2.98. The van der Waals surface area contributed by atoms with E-state index in [1.165, 1.54) is 11.6 Å². The molecule has 0 bridgehead atoms. The van der Waals surface area contributed by atoms with Gasteiger partial charge in [-0.3, -0.25) is 9.36 Å². The van der Waals surface area contributed by atoms with Crippen molar-refractivity contribution in [1.29, 1.82) is 0 Å². The molecule has 0 aliphatic heterocycles. The van der Waals surface area contributed by atoms with Gasteiger partial charge in [-0.1, -0.05) is 18.2 Å². The zero-order valence-corrected chi connectivity index (χ0v) is 17.7. The molecule has 0 saturated carbocycles. The highest BCUT2D eigenvalue weighted by Gasteiger charge is 2.14. The molecule has 0 atom stereocenters. The predicted molar refractivity (Wildman–Crippen MR) is 118 cm³/mol. The van der Waals surface area contributed by atoms with Crippen molar-refractivity contribution in [2.75, 3.05) is 13.2 Å². The summed E-state index contributed by atoms with van der Waals surface area (Å²) in [5.41, 5.74) is 5.25. The van der Waals surface area contributed by atoms with E-state index in [9.17, 15) is 9.18 Å². The SMILES string of the molecule is Cc1nc(COc2ccn(C3=Cc4ccc(CNCCF)cc4CC3)c(=O)c2)cs1. The maximum atomic E-state index is 12.7. The molecule has 0 amide bonds. The molecular formula is C23H24FN3O2S. The van der Waals surface area contributed by atoms with E-state index in [4.69, 9.17) is 4.74 Å². The van der Waals surface area contributed by atoms with Crippen LogP contribution in [0.25, 0.3) is 11.8 Å². The third kappa shape index (κ3) is 4.86. The van der Waals surface area contributed by atoms with Gasteiger partial charge < -0.3 is 10.1 Å². The Morgan fingerprint density at radius 1 is 1.27 bits per heavy atom. The molecule has 1 N–H and O–H groups in total. The van der Waals surface area contributed by atoms with E-state index < -0.39 is 0 Å². The maximum Gasteiger partial charge on any atom is 0.258 e. The largest absolute Gasteiger partial charge is 0.487 e. The summed E-state index contributed by atoms with van der Waals surface area (Å²) in [6.07, 6.45) is 5.49. The van der Waals surface area contributed by atoms with E-state index in [2.05, 4.69) is 28.5 Å². The zero-order chi connectivity index (χ0) is 20.9. The molecule has 2 aromatic heterocycles. The molecule has 0 saturated heterocycles. The number of aryl methyl sites for hydroxylation is 2. The van der Waals surface area contributed by atoms with Crippen LogP contribution in [0.4, 0.5) is 4.39 Å². The van der Waals surface area contributed by atoms with Crippen LogP contribution >= 0.6 is 11.3 Å². The number of hydrogen-bond donors (Lipinski definition) is 1. The number of ether oxygens (including phenoxy) is 1. The van der Waals surface area contributed by atoms with Gasteiger partial charge >= 0.3 is 0 Å². The Hall–Kier alpha value is -2.77. The summed E-state index contributed by atoms with van der Waals surface area (Å²) in [5.74, 6) is 0.545. The second kappa shape index (κ2) is 9.36. The topological polar surface area (TPSA) is 56.1 Å². The molecule has 3 aromatic rings. The molecule has 7 heteroatoms. The van der Waals surface area contributed by atoms with Crippen LogP contribution in [0.3, 0.4) is 0 Å². The lowest BCUT2D eigenvalue weighted by Crippen LogP contribution is -2.20. The number of aromatic nitrogens is 2. The van der Waals surface area contributed by atoms with Crippen molar-refractivity contribution in [3.63, 3.8) is 0 Å². The first-order valence-corrected chi connectivity index (χ1v) is 10.9. The fraction of sp³-hybridized carbons (Fsp3) is 0.304. The van der Waals surface area contributed by atoms with Gasteiger partial charge in [-0.05, 0) is 48.6 Å². The highest BCUT2D eigenvalue weighted by molar-refractivity contribution is 7.09. The molecule has 1 aromatic carbocycles. The molecule has 156 valence electrons. The van der Waals surface area contributed by atoms with Crippen LogP contribution in [0.15, 0.2) is 46.7 Å². The molecule has 0 radical (unpaired) electrons. The monoisotopic (exact) mass is 425 g/mol. The van der Waals surface area contributed by atoms with Crippen molar-refractivity contribution >= 4 is 23.1 Å². The van der Waals surface area contributed by atoms with Crippen molar-refractivity contribution in [2.24, 2.45) is 0 Å². The van der Waals surface area contributed by atoms with Gasteiger partial charge in [0.1, 0.15) is 19.0 Å². The number of benzene rings is 1. The predicted octanol–water partition coefficient (Wildman–Crippen LogP) is 4.20. The van der Waals surface area contributed by atoms with Crippen LogP contribution in [0.2, 0.25) is 0 Å². The minimum Gasteiger partial charge on any atom is -0.487 e. The highest BCUT2D eigenvalue weighted by Crippen LogP contribution is 2.27. The van der Waals surface area contributed by atoms with Crippen LogP contribution < -0.4 is 15.6 Å². The van der Waals surface area contributed by atoms with Gasteiger partial charge in [0.05, 0.1) is 10.7 Å². The Bertz CT molecular complexity index is 1120. The zero-order valence-electron chi connectivity index (χ0n) is 16.9. The minimum atomic E-state index is -0.361. The molecule has 30 heavy (non-hydrogen) atoms. The van der Waals surface area contributed by atoms with Crippen LogP contribution in [0, 0.1) is 6.92 Å². The van der Waals surface area contributed by atoms with Crippen LogP contribution in [0.5, 0.6) is 5.75 Å². The molecule has 1 aliphatic carbocycles. The smallest absolute Gasteiger partial charge is 0.258 e. The Morgan fingerprint density at radius 3 is 2.93 bits per heavy atom. The van der Waals surface area contributed by atoms with Gasteiger partial charge in [-0.2, -0.15) is 0 Å². The molecule has 0 fully saturated rings. The number of hydrogen-bond acceptors (Lipinski definition) is 5. The van der Waals surface area contributed by atoms with Crippen LogP contribution in [-0.4, -0.2) is 22.8 Å². The van der Waals surface area contributed by atoms with Gasteiger partial charge in [0.25, 0.3) is 5.56 Å². The Balaban J connectivity index is 1.47. The lowest BCUT2D eigenvalue weighted by Gasteiger charge is -2.19. The lowest BCUT2D eigenvalue weighted by atomic mass is 9.93. The van der Waals surface area contributed by atoms with Crippen LogP contribution in [0.1, 0.15) is 33.8 Å². The highest BCUT2D eigenvalue weighted by atomic mass is 32.1. The summed E-state index contributed by atoms with van der Waals surface area (Å²) in [4.78, 5) is 17.0. The first-order chi connectivity index (χ1) is 14.6. The number of fused-ring (bicyclic) bond motifs is 1. The molecule has 0 spiro atoms. The fourth-order valence-corrected chi connectivity index (χ4v) is 4.15. The summed E-state index contributed by atoms with van der Waals surface area (Å²) in [5, 5.41) is 6.03. The van der Waals surface area contributed by atoms with Gasteiger partial charge in [0.2, 0.25) is 0 Å². The Kier molecular flexibility index (Phi) is 6.40. The fourth-order valence-electron chi connectivity index (χ4n) is 3.55. The lowest BCUT2D eigenvalue weighted by molar-refractivity contribution is 0.301. The minimum absolute atomic E-state index is 0.108. The third-order valence-corrected chi connectivity index (χ3v) is 5.86. The van der Waals surface area contributed by atoms with Gasteiger partial charge in [-0.15, -0.1) is 11.3 Å². The van der Waals surface area contributed by atoms with Crippen molar-refractivity contribution in [1.82, 2.24) is 14.9 Å². The van der Waals surface area contributed by atoms with Crippen molar-refractivity contribution < 1.29 is 9.13 Å². The van der Waals surface area contributed by atoms with E-state index in [1.807, 2.05) is 24.4 Å². The number of nitrogens with one attached hydrogen (secondary N) is 1.